The fourth-order valence-corrected chi connectivity index (χ4v) is 2.28. The molecule has 1 N–H and O–H groups in total. The molecule has 0 radical (unpaired) electrons. The summed E-state index contributed by atoms with van der Waals surface area (Å²) >= 11 is 0. The molecule has 2 rings (SSSR count). The van der Waals surface area contributed by atoms with Crippen LogP contribution in [0.2, 0.25) is 0 Å². The van der Waals surface area contributed by atoms with Gasteiger partial charge in [0.2, 0.25) is 0 Å². The summed E-state index contributed by atoms with van der Waals surface area (Å²) in [5.74, 6) is 0. The topological polar surface area (TPSA) is 42.3 Å². The lowest BCUT2D eigenvalue weighted by atomic mass is 10.3. The van der Waals surface area contributed by atoms with Gasteiger partial charge in [0.05, 0.1) is 18.9 Å². The van der Waals surface area contributed by atoms with Gasteiger partial charge in [-0.1, -0.05) is 0 Å². The number of rotatable bonds is 6. The second-order valence-corrected chi connectivity index (χ2v) is 5.13. The van der Waals surface area contributed by atoms with Crippen molar-refractivity contribution < 1.29 is 17.9 Å². The molecule has 0 bridgehead atoms. The standard InChI is InChI=1S/C13H21F3N4O.2ClH/c1-19-11(9-12(18-19)13(14,15)16)10-17-3-2-4-20-5-7-21-8-6-20;;/h9,17H,2-8,10H2,1H3;2*1H. The SMILES string of the molecule is Cl.Cl.Cn1nc(C(F)(F)F)cc1CNCCCN1CCOCC1. The van der Waals surface area contributed by atoms with Crippen molar-refractivity contribution in [2.45, 2.75) is 19.1 Å². The quantitative estimate of drug-likeness (QED) is 0.769. The van der Waals surface area contributed by atoms with Crippen LogP contribution in [-0.4, -0.2) is 54.1 Å². The van der Waals surface area contributed by atoms with E-state index in [1.165, 1.54) is 11.7 Å². The lowest BCUT2D eigenvalue weighted by molar-refractivity contribution is -0.141. The highest BCUT2D eigenvalue weighted by Crippen LogP contribution is 2.28. The molecule has 1 aliphatic rings. The van der Waals surface area contributed by atoms with Gasteiger partial charge >= 0.3 is 6.18 Å². The summed E-state index contributed by atoms with van der Waals surface area (Å²) in [6.45, 7) is 5.61. The third kappa shape index (κ3) is 7.26. The summed E-state index contributed by atoms with van der Waals surface area (Å²) < 4.78 is 44.1. The van der Waals surface area contributed by atoms with Crippen molar-refractivity contribution in [3.63, 3.8) is 0 Å². The maximum atomic E-state index is 12.5. The van der Waals surface area contributed by atoms with E-state index in [9.17, 15) is 13.2 Å². The van der Waals surface area contributed by atoms with Crippen LogP contribution in [0.4, 0.5) is 13.2 Å². The van der Waals surface area contributed by atoms with Crippen LogP contribution in [0.15, 0.2) is 6.07 Å². The molecule has 0 aliphatic carbocycles. The smallest absolute Gasteiger partial charge is 0.379 e. The van der Waals surface area contributed by atoms with Gasteiger partial charge < -0.3 is 10.1 Å². The summed E-state index contributed by atoms with van der Waals surface area (Å²) in [7, 11) is 1.53. The minimum Gasteiger partial charge on any atom is -0.379 e. The zero-order valence-electron chi connectivity index (χ0n) is 12.9. The molecule has 1 aromatic rings. The minimum absolute atomic E-state index is 0. The first kappa shape index (κ1) is 22.5. The average Bonchev–Trinajstić information content (AvgIpc) is 2.81. The van der Waals surface area contributed by atoms with Crippen LogP contribution < -0.4 is 5.32 Å². The van der Waals surface area contributed by atoms with E-state index in [4.69, 9.17) is 4.74 Å². The van der Waals surface area contributed by atoms with Crippen molar-refractivity contribution in [1.29, 1.82) is 0 Å². The summed E-state index contributed by atoms with van der Waals surface area (Å²) in [5, 5.41) is 6.64. The van der Waals surface area contributed by atoms with Gasteiger partial charge in [-0.05, 0) is 25.6 Å². The summed E-state index contributed by atoms with van der Waals surface area (Å²) in [6.07, 6.45) is -3.42. The number of hydrogen-bond acceptors (Lipinski definition) is 4. The molecule has 136 valence electrons. The van der Waals surface area contributed by atoms with Crippen molar-refractivity contribution in [3.8, 4) is 0 Å². The second-order valence-electron chi connectivity index (χ2n) is 5.13. The first-order valence-electron chi connectivity index (χ1n) is 7.08. The Hall–Kier alpha value is -0.540. The first-order chi connectivity index (χ1) is 9.97. The maximum absolute atomic E-state index is 12.5. The Kier molecular flexibility index (Phi) is 10.1. The number of morpholine rings is 1. The van der Waals surface area contributed by atoms with E-state index in [-0.39, 0.29) is 24.8 Å². The number of aryl methyl sites for hydroxylation is 1. The maximum Gasteiger partial charge on any atom is 0.435 e. The monoisotopic (exact) mass is 378 g/mol. The predicted molar refractivity (Wildman–Crippen MR) is 86.3 cm³/mol. The van der Waals surface area contributed by atoms with E-state index in [0.717, 1.165) is 51.9 Å². The Morgan fingerprint density at radius 1 is 1.26 bits per heavy atom. The Bertz CT molecular complexity index is 451. The van der Waals surface area contributed by atoms with E-state index in [1.807, 2.05) is 0 Å². The first-order valence-corrected chi connectivity index (χ1v) is 7.08. The summed E-state index contributed by atoms with van der Waals surface area (Å²) in [5.41, 5.74) is -0.302. The highest BCUT2D eigenvalue weighted by molar-refractivity contribution is 5.85. The lowest BCUT2D eigenvalue weighted by Crippen LogP contribution is -2.37. The van der Waals surface area contributed by atoms with E-state index >= 15 is 0 Å². The summed E-state index contributed by atoms with van der Waals surface area (Å²) in [6, 6.07) is 1.09. The zero-order chi connectivity index (χ0) is 15.3. The molecule has 10 heteroatoms. The number of hydrogen-bond donors (Lipinski definition) is 1. The zero-order valence-corrected chi connectivity index (χ0v) is 14.6. The van der Waals surface area contributed by atoms with Crippen molar-refractivity contribution in [2.75, 3.05) is 39.4 Å². The molecule has 1 fully saturated rings. The fourth-order valence-electron chi connectivity index (χ4n) is 2.28. The van der Waals surface area contributed by atoms with Gasteiger partial charge in [-0.2, -0.15) is 18.3 Å². The normalized spacial score (nSPS) is 15.8. The largest absolute Gasteiger partial charge is 0.435 e. The number of nitrogens with one attached hydrogen (secondary N) is 1. The van der Waals surface area contributed by atoms with E-state index in [1.54, 1.807) is 0 Å². The molecule has 1 saturated heterocycles. The van der Waals surface area contributed by atoms with Crippen LogP contribution in [0.25, 0.3) is 0 Å². The highest BCUT2D eigenvalue weighted by atomic mass is 35.5. The average molecular weight is 379 g/mol. The van der Waals surface area contributed by atoms with Crippen LogP contribution in [0.1, 0.15) is 17.8 Å². The molecule has 5 nitrogen and oxygen atoms in total. The Morgan fingerprint density at radius 2 is 1.91 bits per heavy atom. The van der Waals surface area contributed by atoms with Gasteiger partial charge in [-0.25, -0.2) is 0 Å². The molecule has 0 saturated carbocycles. The van der Waals surface area contributed by atoms with Crippen molar-refractivity contribution in [2.24, 2.45) is 7.05 Å². The molecule has 2 heterocycles. The Labute approximate surface area is 146 Å². The molecule has 0 aromatic carbocycles. The minimum atomic E-state index is -4.38. The van der Waals surface area contributed by atoms with Gasteiger partial charge in [0.1, 0.15) is 0 Å². The van der Waals surface area contributed by atoms with Crippen LogP contribution in [0.3, 0.4) is 0 Å². The fraction of sp³-hybridized carbons (Fsp3) is 0.769. The predicted octanol–water partition coefficient (Wildman–Crippen LogP) is 2.09. The van der Waals surface area contributed by atoms with E-state index in [2.05, 4.69) is 15.3 Å². The number of nitrogens with zero attached hydrogens (tertiary/aromatic N) is 3. The van der Waals surface area contributed by atoms with Crippen LogP contribution in [-0.2, 0) is 24.5 Å². The molecule has 1 aliphatic heterocycles. The van der Waals surface area contributed by atoms with Gasteiger partial charge in [0.25, 0.3) is 0 Å². The van der Waals surface area contributed by atoms with Gasteiger partial charge in [-0.3, -0.25) is 9.58 Å². The Morgan fingerprint density at radius 3 is 2.48 bits per heavy atom. The molecular formula is C13H23Cl2F3N4O. The van der Waals surface area contributed by atoms with Crippen molar-refractivity contribution in [1.82, 2.24) is 20.0 Å². The van der Waals surface area contributed by atoms with Crippen LogP contribution >= 0.6 is 24.8 Å². The Balaban J connectivity index is 0.00000242. The lowest BCUT2D eigenvalue weighted by Gasteiger charge is -2.26. The van der Waals surface area contributed by atoms with Crippen molar-refractivity contribution in [3.05, 3.63) is 17.5 Å². The molecule has 0 unspecified atom stereocenters. The summed E-state index contributed by atoms with van der Waals surface area (Å²) in [4.78, 5) is 2.33. The molecular weight excluding hydrogens is 356 g/mol. The van der Waals surface area contributed by atoms with E-state index in [0.29, 0.717) is 12.2 Å². The molecule has 0 spiro atoms. The number of ether oxygens (including phenoxy) is 1. The molecule has 0 atom stereocenters. The third-order valence-electron chi connectivity index (χ3n) is 3.50. The number of alkyl halides is 3. The number of halogens is 5. The highest BCUT2D eigenvalue weighted by Gasteiger charge is 2.34. The number of aromatic nitrogens is 2. The van der Waals surface area contributed by atoms with Gasteiger partial charge in [0.15, 0.2) is 5.69 Å². The molecule has 1 aromatic heterocycles. The van der Waals surface area contributed by atoms with E-state index < -0.39 is 11.9 Å². The van der Waals surface area contributed by atoms with Gasteiger partial charge in [0, 0.05) is 26.7 Å². The van der Waals surface area contributed by atoms with Gasteiger partial charge in [-0.15, -0.1) is 24.8 Å². The third-order valence-corrected chi connectivity index (χ3v) is 3.50. The molecule has 0 amide bonds. The second kappa shape index (κ2) is 10.4. The molecule has 23 heavy (non-hydrogen) atoms. The van der Waals surface area contributed by atoms with Crippen LogP contribution in [0.5, 0.6) is 0 Å². The van der Waals surface area contributed by atoms with Crippen LogP contribution in [0, 0.1) is 0 Å². The van der Waals surface area contributed by atoms with Crippen molar-refractivity contribution >= 4 is 24.8 Å².